The molecule has 3 aromatic rings. The molecule has 1 fully saturated rings. The van der Waals surface area contributed by atoms with Gasteiger partial charge in [0.1, 0.15) is 18.7 Å². The molecular weight excluding hydrogens is 552 g/mol. The van der Waals surface area contributed by atoms with E-state index in [2.05, 4.69) is 10.6 Å². The van der Waals surface area contributed by atoms with Gasteiger partial charge >= 0.3 is 0 Å². The summed E-state index contributed by atoms with van der Waals surface area (Å²) in [5.74, 6) is -0.995. The molecule has 10 heteroatoms. The molecule has 0 saturated carbocycles. The molecule has 3 N–H and O–H groups in total. The quantitative estimate of drug-likeness (QED) is 0.265. The van der Waals surface area contributed by atoms with E-state index < -0.39 is 18.2 Å². The van der Waals surface area contributed by atoms with Crippen molar-refractivity contribution >= 4 is 39.8 Å². The smallest absolute Gasteiger partial charge is 0.249 e. The lowest BCUT2D eigenvalue weighted by Gasteiger charge is -2.34. The zero-order valence-electron chi connectivity index (χ0n) is 24.6. The molecule has 3 amide bonds. The number of nitrogens with one attached hydrogen (secondary N) is 2. The normalized spacial score (nSPS) is 17.0. The highest BCUT2D eigenvalue weighted by Crippen LogP contribution is 2.21. The van der Waals surface area contributed by atoms with Crippen molar-refractivity contribution < 1.29 is 24.2 Å². The van der Waals surface area contributed by atoms with Gasteiger partial charge < -0.3 is 30.3 Å². The third-order valence-electron chi connectivity index (χ3n) is 7.76. The van der Waals surface area contributed by atoms with Gasteiger partial charge in [-0.25, -0.2) is 0 Å². The topological polar surface area (TPSA) is 111 Å². The van der Waals surface area contributed by atoms with Crippen LogP contribution in [0.2, 0.25) is 0 Å². The number of carbonyl (C=O) groups is 3. The minimum atomic E-state index is -0.854. The lowest BCUT2D eigenvalue weighted by Crippen LogP contribution is -2.56. The van der Waals surface area contributed by atoms with Crippen LogP contribution in [0.5, 0.6) is 0 Å². The molecule has 1 saturated heterocycles. The van der Waals surface area contributed by atoms with Gasteiger partial charge in [-0.3, -0.25) is 14.4 Å². The molecule has 4 rings (SSSR count). The molecule has 0 spiro atoms. The van der Waals surface area contributed by atoms with E-state index >= 15 is 0 Å². The van der Waals surface area contributed by atoms with Crippen molar-refractivity contribution in [3.05, 3.63) is 70.4 Å². The number of hydrogen-bond donors (Lipinski definition) is 3. The fraction of sp³-hybridized carbons (Fsp3) is 0.469. The van der Waals surface area contributed by atoms with Crippen LogP contribution in [0, 0.1) is 0 Å². The Morgan fingerprint density at radius 2 is 1.83 bits per heavy atom. The van der Waals surface area contributed by atoms with Crippen LogP contribution in [0.25, 0.3) is 10.8 Å². The van der Waals surface area contributed by atoms with Gasteiger partial charge in [0.2, 0.25) is 17.7 Å². The second-order valence-corrected chi connectivity index (χ2v) is 12.1. The molecule has 9 nitrogen and oxygen atoms in total. The Morgan fingerprint density at radius 3 is 2.52 bits per heavy atom. The van der Waals surface area contributed by atoms with Crippen LogP contribution < -0.4 is 10.6 Å². The zero-order valence-corrected chi connectivity index (χ0v) is 25.4. The molecule has 0 aliphatic carbocycles. The average Bonchev–Trinajstić information content (AvgIpc) is 3.71. The Labute approximate surface area is 251 Å². The van der Waals surface area contributed by atoms with Gasteiger partial charge in [-0.15, -0.1) is 11.3 Å². The molecular formula is C32H42N4O5S. The number of aliphatic hydroxyl groups is 1. The first kappa shape index (κ1) is 31.6. The van der Waals surface area contributed by atoms with Crippen LogP contribution in [0.15, 0.2) is 60.0 Å². The number of rotatable bonds is 14. The van der Waals surface area contributed by atoms with Crippen molar-refractivity contribution in [2.45, 2.75) is 56.8 Å². The Morgan fingerprint density at radius 1 is 1.05 bits per heavy atom. The maximum Gasteiger partial charge on any atom is 0.249 e. The Balaban J connectivity index is 1.56. The minimum Gasteiger partial charge on any atom is -0.392 e. The number of carbonyl (C=O) groups excluding carboxylic acids is 3. The number of nitrogens with zero attached hydrogens (tertiary/aromatic N) is 2. The molecule has 2 heterocycles. The molecule has 4 atom stereocenters. The third-order valence-corrected chi connectivity index (χ3v) is 8.66. The van der Waals surface area contributed by atoms with E-state index in [4.69, 9.17) is 4.74 Å². The summed E-state index contributed by atoms with van der Waals surface area (Å²) < 4.78 is 5.74. The maximum absolute atomic E-state index is 14.2. The Kier molecular flexibility index (Phi) is 11.5. The standard InChI is InChI=1S/C32H42N4O5S/c1-22(37)19-34-31(39)28(18-27-11-7-15-42-27)36(3)32(40)29(17-23-12-13-24-8-4-5-9-25(24)16-23)35(2)30(38)21-41-20-26-10-6-14-33-26/h4-5,7-9,11-13,15-16,22,26,28-29,33,37H,6,10,14,17-21H2,1-3H3,(H,34,39)/t22-,26+,28-,29-/m1/s1. The molecule has 0 unspecified atom stereocenters. The number of benzene rings is 2. The predicted octanol–water partition coefficient (Wildman–Crippen LogP) is 2.61. The van der Waals surface area contributed by atoms with E-state index in [-0.39, 0.29) is 43.3 Å². The average molecular weight is 595 g/mol. The van der Waals surface area contributed by atoms with Crippen LogP contribution in [-0.4, -0.2) is 97.3 Å². The highest BCUT2D eigenvalue weighted by atomic mass is 32.1. The van der Waals surface area contributed by atoms with Gasteiger partial charge in [0.05, 0.1) is 12.7 Å². The highest BCUT2D eigenvalue weighted by molar-refractivity contribution is 7.09. The van der Waals surface area contributed by atoms with Crippen LogP contribution in [-0.2, 0) is 32.0 Å². The maximum atomic E-state index is 14.2. The summed E-state index contributed by atoms with van der Waals surface area (Å²) in [6, 6.07) is 16.4. The number of fused-ring (bicyclic) bond motifs is 1. The first-order valence-electron chi connectivity index (χ1n) is 14.5. The Hall–Kier alpha value is -3.31. The zero-order chi connectivity index (χ0) is 30.1. The van der Waals surface area contributed by atoms with E-state index in [0.29, 0.717) is 13.0 Å². The third kappa shape index (κ3) is 8.61. The van der Waals surface area contributed by atoms with Gasteiger partial charge in [-0.1, -0.05) is 48.5 Å². The van der Waals surface area contributed by atoms with E-state index in [9.17, 15) is 19.5 Å². The lowest BCUT2D eigenvalue weighted by molar-refractivity contribution is -0.149. The monoisotopic (exact) mass is 594 g/mol. The summed E-state index contributed by atoms with van der Waals surface area (Å²) in [5.41, 5.74) is 0.907. The molecule has 1 aliphatic rings. The predicted molar refractivity (Wildman–Crippen MR) is 165 cm³/mol. The largest absolute Gasteiger partial charge is 0.392 e. The van der Waals surface area contributed by atoms with Gasteiger partial charge in [0, 0.05) is 44.4 Å². The van der Waals surface area contributed by atoms with E-state index in [1.165, 1.54) is 21.1 Å². The summed E-state index contributed by atoms with van der Waals surface area (Å²) in [4.78, 5) is 44.7. The van der Waals surface area contributed by atoms with Gasteiger partial charge in [-0.2, -0.15) is 0 Å². The van der Waals surface area contributed by atoms with Crippen molar-refractivity contribution in [3.8, 4) is 0 Å². The number of thiophene rings is 1. The summed E-state index contributed by atoms with van der Waals surface area (Å²) in [6.45, 7) is 2.93. The van der Waals surface area contributed by atoms with Crippen molar-refractivity contribution in [2.75, 3.05) is 40.4 Å². The van der Waals surface area contributed by atoms with Crippen molar-refractivity contribution in [3.63, 3.8) is 0 Å². The van der Waals surface area contributed by atoms with Crippen LogP contribution >= 0.6 is 11.3 Å². The second kappa shape index (κ2) is 15.2. The summed E-state index contributed by atoms with van der Waals surface area (Å²) in [5, 5.41) is 19.9. The van der Waals surface area contributed by atoms with Crippen LogP contribution in [0.4, 0.5) is 0 Å². The summed E-state index contributed by atoms with van der Waals surface area (Å²) in [6.07, 6.45) is 1.99. The van der Waals surface area contributed by atoms with Crippen molar-refractivity contribution in [2.24, 2.45) is 0 Å². The molecule has 1 aliphatic heterocycles. The van der Waals surface area contributed by atoms with Crippen LogP contribution in [0.1, 0.15) is 30.2 Å². The number of ether oxygens (including phenoxy) is 1. The highest BCUT2D eigenvalue weighted by Gasteiger charge is 2.35. The number of likely N-dealkylation sites (N-methyl/N-ethyl adjacent to an activating group) is 2. The molecule has 0 bridgehead atoms. The van der Waals surface area contributed by atoms with Gasteiger partial charge in [0.15, 0.2) is 0 Å². The Bertz CT molecular complexity index is 1330. The van der Waals surface area contributed by atoms with Crippen molar-refractivity contribution in [1.82, 2.24) is 20.4 Å². The number of amides is 3. The number of aliphatic hydroxyl groups excluding tert-OH is 1. The number of hydrogen-bond acceptors (Lipinski definition) is 7. The molecule has 0 radical (unpaired) electrons. The SMILES string of the molecule is C[C@@H](O)CNC(=O)[C@@H](Cc1cccs1)N(C)C(=O)[C@@H](Cc1ccc2ccccc2c1)N(C)C(=O)COC[C@@H]1CCCN1. The van der Waals surface area contributed by atoms with Gasteiger partial charge in [-0.05, 0) is 54.1 Å². The fourth-order valence-corrected chi connectivity index (χ4v) is 5.96. The molecule has 42 heavy (non-hydrogen) atoms. The fourth-order valence-electron chi connectivity index (χ4n) is 5.22. The van der Waals surface area contributed by atoms with E-state index in [0.717, 1.165) is 40.6 Å². The first-order chi connectivity index (χ1) is 20.2. The molecule has 2 aromatic carbocycles. The van der Waals surface area contributed by atoms with E-state index in [1.807, 2.05) is 60.0 Å². The van der Waals surface area contributed by atoms with Gasteiger partial charge in [0.25, 0.3) is 0 Å². The minimum absolute atomic E-state index is 0.0773. The van der Waals surface area contributed by atoms with Crippen LogP contribution in [0.3, 0.4) is 0 Å². The van der Waals surface area contributed by atoms with E-state index in [1.54, 1.807) is 21.0 Å². The molecule has 1 aromatic heterocycles. The van der Waals surface area contributed by atoms with Crippen molar-refractivity contribution in [1.29, 1.82) is 0 Å². The first-order valence-corrected chi connectivity index (χ1v) is 15.4. The summed E-state index contributed by atoms with van der Waals surface area (Å²) >= 11 is 1.51. The lowest BCUT2D eigenvalue weighted by atomic mass is 9.99. The molecule has 226 valence electrons. The second-order valence-electron chi connectivity index (χ2n) is 11.1. The summed E-state index contributed by atoms with van der Waals surface area (Å²) in [7, 11) is 3.23.